The van der Waals surface area contributed by atoms with E-state index in [1.807, 2.05) is 49.6 Å². The zero-order valence-electron chi connectivity index (χ0n) is 15.9. The zero-order valence-corrected chi connectivity index (χ0v) is 16.7. The lowest BCUT2D eigenvalue weighted by atomic mass is 10.0. The summed E-state index contributed by atoms with van der Waals surface area (Å²) in [6.07, 6.45) is 3.49. The van der Waals surface area contributed by atoms with Crippen LogP contribution in [-0.2, 0) is 6.54 Å². The van der Waals surface area contributed by atoms with Crippen LogP contribution in [0.25, 0.3) is 11.4 Å². The van der Waals surface area contributed by atoms with Gasteiger partial charge in [-0.25, -0.2) is 0 Å². The van der Waals surface area contributed by atoms with Crippen LogP contribution >= 0.6 is 11.8 Å². The van der Waals surface area contributed by atoms with Crippen LogP contribution in [0, 0.1) is 13.8 Å². The topological polar surface area (TPSA) is 69.9 Å². The number of pyridine rings is 1. The average Bonchev–Trinajstić information content (AvgIpc) is 3.11. The number of aryl methyl sites for hydroxylation is 2. The van der Waals surface area contributed by atoms with Gasteiger partial charge in [0, 0.05) is 30.1 Å². The number of hydrogen-bond acceptors (Lipinski definition) is 6. The summed E-state index contributed by atoms with van der Waals surface area (Å²) < 4.78 is 7.32. The van der Waals surface area contributed by atoms with Gasteiger partial charge in [0.05, 0.1) is 12.9 Å². The number of rotatable bonds is 7. The minimum atomic E-state index is 0.0665. The molecule has 2 heterocycles. The van der Waals surface area contributed by atoms with Crippen LogP contribution in [0.1, 0.15) is 28.4 Å². The summed E-state index contributed by atoms with van der Waals surface area (Å²) in [5.41, 5.74) is 3.49. The van der Waals surface area contributed by atoms with E-state index in [0.717, 1.165) is 39.0 Å². The van der Waals surface area contributed by atoms with Crippen LogP contribution in [-0.4, -0.2) is 38.4 Å². The Balaban J connectivity index is 1.78. The minimum absolute atomic E-state index is 0.0665. The van der Waals surface area contributed by atoms with Crippen molar-refractivity contribution >= 4 is 17.5 Å². The molecule has 0 unspecified atom stereocenters. The normalized spacial score (nSPS) is 10.8. The van der Waals surface area contributed by atoms with E-state index in [1.54, 1.807) is 19.5 Å². The lowest BCUT2D eigenvalue weighted by Gasteiger charge is -2.11. The van der Waals surface area contributed by atoms with Gasteiger partial charge in [-0.15, -0.1) is 10.2 Å². The van der Waals surface area contributed by atoms with Gasteiger partial charge in [-0.05, 0) is 56.2 Å². The molecule has 0 aliphatic carbocycles. The molecule has 0 atom stereocenters. The first kappa shape index (κ1) is 19.1. The van der Waals surface area contributed by atoms with Gasteiger partial charge in [0.1, 0.15) is 5.75 Å². The molecule has 0 saturated heterocycles. The maximum atomic E-state index is 12.7. The van der Waals surface area contributed by atoms with Gasteiger partial charge >= 0.3 is 0 Å². The Morgan fingerprint density at radius 1 is 1.22 bits per heavy atom. The molecule has 3 aromatic rings. The van der Waals surface area contributed by atoms with Gasteiger partial charge in [-0.2, -0.15) is 0 Å². The third kappa shape index (κ3) is 4.03. The number of benzene rings is 1. The number of Topliss-reactive ketones (excluding diaryl/α,β-unsaturated/α-hetero) is 1. The van der Waals surface area contributed by atoms with Crippen LogP contribution in [0.4, 0.5) is 0 Å². The highest BCUT2D eigenvalue weighted by Gasteiger charge is 2.17. The molecule has 0 aliphatic heterocycles. The Hall–Kier alpha value is -2.67. The Bertz CT molecular complexity index is 954. The van der Waals surface area contributed by atoms with Gasteiger partial charge in [-0.1, -0.05) is 11.8 Å². The van der Waals surface area contributed by atoms with Crippen molar-refractivity contribution in [3.05, 3.63) is 53.3 Å². The molecule has 3 rings (SSSR count). The van der Waals surface area contributed by atoms with Gasteiger partial charge in [0.2, 0.25) is 0 Å². The van der Waals surface area contributed by atoms with Crippen molar-refractivity contribution in [3.63, 3.8) is 0 Å². The molecule has 0 radical (unpaired) electrons. The molecule has 0 saturated carbocycles. The second-order valence-corrected chi connectivity index (χ2v) is 7.08. The van der Waals surface area contributed by atoms with Crippen LogP contribution in [0.2, 0.25) is 0 Å². The summed E-state index contributed by atoms with van der Waals surface area (Å²) in [5, 5.41) is 9.29. The monoisotopic (exact) mass is 382 g/mol. The highest BCUT2D eigenvalue weighted by molar-refractivity contribution is 7.99. The summed E-state index contributed by atoms with van der Waals surface area (Å²) in [6.45, 7) is 6.62. The zero-order chi connectivity index (χ0) is 19.4. The number of methoxy groups -OCH3 is 1. The predicted molar refractivity (Wildman–Crippen MR) is 106 cm³/mol. The molecule has 0 N–H and O–H groups in total. The van der Waals surface area contributed by atoms with E-state index in [9.17, 15) is 4.79 Å². The molecule has 0 bridgehead atoms. The maximum Gasteiger partial charge on any atom is 0.191 e. The van der Waals surface area contributed by atoms with E-state index in [0.29, 0.717) is 12.3 Å². The summed E-state index contributed by atoms with van der Waals surface area (Å²) >= 11 is 1.40. The van der Waals surface area contributed by atoms with Crippen LogP contribution in [0.15, 0.2) is 41.8 Å². The number of nitrogens with zero attached hydrogens (tertiary/aromatic N) is 4. The van der Waals surface area contributed by atoms with Crippen molar-refractivity contribution in [2.75, 3.05) is 12.9 Å². The Kier molecular flexibility index (Phi) is 5.91. The van der Waals surface area contributed by atoms with E-state index in [1.165, 1.54) is 11.8 Å². The fourth-order valence-corrected chi connectivity index (χ4v) is 3.79. The second-order valence-electron chi connectivity index (χ2n) is 6.14. The Morgan fingerprint density at radius 2 is 2.04 bits per heavy atom. The minimum Gasteiger partial charge on any atom is -0.496 e. The van der Waals surface area contributed by atoms with Gasteiger partial charge in [-0.3, -0.25) is 9.78 Å². The lowest BCUT2D eigenvalue weighted by Crippen LogP contribution is -2.07. The molecular weight excluding hydrogens is 360 g/mol. The van der Waals surface area contributed by atoms with Crippen molar-refractivity contribution in [2.45, 2.75) is 32.5 Å². The van der Waals surface area contributed by atoms with Crippen LogP contribution in [0.3, 0.4) is 0 Å². The van der Waals surface area contributed by atoms with Crippen molar-refractivity contribution < 1.29 is 9.53 Å². The predicted octanol–water partition coefficient (Wildman–Crippen LogP) is 3.96. The van der Waals surface area contributed by atoms with E-state index >= 15 is 0 Å². The average molecular weight is 382 g/mol. The number of carbonyl (C=O) groups excluding carboxylic acids is 1. The van der Waals surface area contributed by atoms with E-state index < -0.39 is 0 Å². The Labute approximate surface area is 163 Å². The number of hydrogen-bond donors (Lipinski definition) is 0. The molecule has 0 amide bonds. The highest BCUT2D eigenvalue weighted by Crippen LogP contribution is 2.26. The molecular formula is C20H22N4O2S. The lowest BCUT2D eigenvalue weighted by molar-refractivity contribution is 0.102. The molecule has 27 heavy (non-hydrogen) atoms. The molecule has 0 spiro atoms. The Morgan fingerprint density at radius 3 is 2.70 bits per heavy atom. The highest BCUT2D eigenvalue weighted by atomic mass is 32.2. The molecule has 7 heteroatoms. The van der Waals surface area contributed by atoms with Gasteiger partial charge in [0.25, 0.3) is 0 Å². The molecule has 140 valence electrons. The number of ether oxygens (including phenoxy) is 1. The molecule has 2 aromatic heterocycles. The fourth-order valence-electron chi connectivity index (χ4n) is 2.91. The fraction of sp³-hybridized carbons (Fsp3) is 0.300. The summed E-state index contributed by atoms with van der Waals surface area (Å²) in [7, 11) is 1.64. The third-order valence-corrected chi connectivity index (χ3v) is 5.29. The first-order chi connectivity index (χ1) is 13.0. The smallest absolute Gasteiger partial charge is 0.191 e. The summed E-state index contributed by atoms with van der Waals surface area (Å²) in [5.74, 6) is 1.93. The van der Waals surface area contributed by atoms with E-state index in [-0.39, 0.29) is 5.78 Å². The maximum absolute atomic E-state index is 12.7. The van der Waals surface area contributed by atoms with E-state index in [2.05, 4.69) is 15.2 Å². The number of carbonyl (C=O) groups is 1. The number of thioether (sulfide) groups is 1. The quantitative estimate of drug-likeness (QED) is 0.455. The van der Waals surface area contributed by atoms with Crippen molar-refractivity contribution in [1.82, 2.24) is 19.7 Å². The summed E-state index contributed by atoms with van der Waals surface area (Å²) in [6, 6.07) is 7.62. The summed E-state index contributed by atoms with van der Waals surface area (Å²) in [4.78, 5) is 16.9. The first-order valence-electron chi connectivity index (χ1n) is 8.70. The van der Waals surface area contributed by atoms with Crippen molar-refractivity contribution in [2.24, 2.45) is 0 Å². The SMILES string of the molecule is CCn1c(SCC(=O)c2cc(C)c(OC)cc2C)nnc1-c1cccnc1. The first-order valence-corrected chi connectivity index (χ1v) is 9.68. The van der Waals surface area contributed by atoms with Crippen molar-refractivity contribution in [3.8, 4) is 17.1 Å². The molecule has 0 fully saturated rings. The van der Waals surface area contributed by atoms with Crippen molar-refractivity contribution in [1.29, 1.82) is 0 Å². The second kappa shape index (κ2) is 8.35. The molecule has 0 aliphatic rings. The van der Waals surface area contributed by atoms with Crippen LogP contribution < -0.4 is 4.74 Å². The van der Waals surface area contributed by atoms with E-state index in [4.69, 9.17) is 4.74 Å². The molecule has 6 nitrogen and oxygen atoms in total. The van der Waals surface area contributed by atoms with Gasteiger partial charge < -0.3 is 9.30 Å². The number of aromatic nitrogens is 4. The number of ketones is 1. The molecule has 1 aromatic carbocycles. The largest absolute Gasteiger partial charge is 0.496 e. The van der Waals surface area contributed by atoms with Gasteiger partial charge in [0.15, 0.2) is 16.8 Å². The third-order valence-electron chi connectivity index (χ3n) is 4.33. The van der Waals surface area contributed by atoms with Crippen LogP contribution in [0.5, 0.6) is 5.75 Å². The standard InChI is InChI=1S/C20H22N4O2S/c1-5-24-19(15-7-6-8-21-11-15)22-23-20(24)27-12-17(25)16-9-14(3)18(26-4)10-13(16)2/h6-11H,5,12H2,1-4H3.